The van der Waals surface area contributed by atoms with Crippen LogP contribution in [0.2, 0.25) is 0 Å². The van der Waals surface area contributed by atoms with E-state index in [1.54, 1.807) is 0 Å². The summed E-state index contributed by atoms with van der Waals surface area (Å²) in [6, 6.07) is 0. The molecule has 0 unspecified atom stereocenters. The topological polar surface area (TPSA) is 88.5 Å². The van der Waals surface area contributed by atoms with E-state index >= 15 is 0 Å². The number of hydrazone groups is 2. The van der Waals surface area contributed by atoms with Gasteiger partial charge in [0.05, 0.1) is 24.6 Å². The van der Waals surface area contributed by atoms with Crippen LogP contribution in [0.4, 0.5) is 0 Å². The molecule has 0 saturated carbocycles. The van der Waals surface area contributed by atoms with Crippen LogP contribution in [-0.4, -0.2) is 98.0 Å². The van der Waals surface area contributed by atoms with Crippen LogP contribution in [0.5, 0.6) is 0 Å². The van der Waals surface area contributed by atoms with Crippen molar-refractivity contribution in [3.63, 3.8) is 0 Å². The van der Waals surface area contributed by atoms with Crippen LogP contribution in [0, 0.1) is 0 Å². The quantitative estimate of drug-likeness (QED) is 0.227. The number of hydrogen-bond acceptors (Lipinski definition) is 7. The van der Waals surface area contributed by atoms with Gasteiger partial charge in [-0.2, -0.15) is 10.2 Å². The first kappa shape index (κ1) is 23.6. The van der Waals surface area contributed by atoms with Crippen LogP contribution in [-0.2, 0) is 4.74 Å². The third-order valence-electron chi connectivity index (χ3n) is 3.84. The number of morpholine rings is 1. The average Bonchev–Trinajstić information content (AvgIpc) is 2.64. The van der Waals surface area contributed by atoms with Crippen LogP contribution in [0.15, 0.2) is 10.2 Å². The molecule has 1 fully saturated rings. The molecule has 1 aliphatic heterocycles. The van der Waals surface area contributed by atoms with Gasteiger partial charge >= 0.3 is 0 Å². The van der Waals surface area contributed by atoms with E-state index in [0.717, 1.165) is 63.9 Å². The number of hydrogen-bond donors (Lipinski definition) is 4. The highest BCUT2D eigenvalue weighted by atomic mass is 32.1. The lowest BCUT2D eigenvalue weighted by Crippen LogP contribution is -2.43. The molecule has 1 aliphatic rings. The molecule has 0 bridgehead atoms. The van der Waals surface area contributed by atoms with Gasteiger partial charge in [0.1, 0.15) is 0 Å². The molecule has 1 heterocycles. The molecule has 4 N–H and O–H groups in total. The Bertz CT molecular complexity index is 533. The van der Waals surface area contributed by atoms with Gasteiger partial charge in [0.2, 0.25) is 0 Å². The van der Waals surface area contributed by atoms with E-state index in [-0.39, 0.29) is 0 Å². The van der Waals surface area contributed by atoms with E-state index < -0.39 is 0 Å². The Labute approximate surface area is 172 Å². The minimum Gasteiger partial charge on any atom is -0.379 e. The van der Waals surface area contributed by atoms with Gasteiger partial charge in [-0.05, 0) is 52.4 Å². The van der Waals surface area contributed by atoms with Crippen molar-refractivity contribution in [3.8, 4) is 0 Å². The average molecular weight is 417 g/mol. The first-order valence-corrected chi connectivity index (χ1v) is 9.81. The van der Waals surface area contributed by atoms with Gasteiger partial charge < -0.3 is 20.3 Å². The van der Waals surface area contributed by atoms with Gasteiger partial charge in [-0.15, -0.1) is 0 Å². The SMILES string of the molecule is CC(=N/NC(=S)NCCN(C)C)/C(C)=N\NC(=S)NCCN1CCOCC1. The number of ether oxygens (including phenoxy) is 1. The Hall–Kier alpha value is -1.40. The molecule has 0 aromatic carbocycles. The maximum Gasteiger partial charge on any atom is 0.187 e. The summed E-state index contributed by atoms with van der Waals surface area (Å²) in [6.07, 6.45) is 0. The van der Waals surface area contributed by atoms with Crippen molar-refractivity contribution in [1.29, 1.82) is 0 Å². The first-order chi connectivity index (χ1) is 12.9. The summed E-state index contributed by atoms with van der Waals surface area (Å²) in [7, 11) is 4.02. The molecule has 0 spiro atoms. The Morgan fingerprint density at radius 3 is 2.00 bits per heavy atom. The lowest BCUT2D eigenvalue weighted by Gasteiger charge is -2.26. The molecule has 0 aromatic rings. The van der Waals surface area contributed by atoms with E-state index in [9.17, 15) is 0 Å². The predicted molar refractivity (Wildman–Crippen MR) is 120 cm³/mol. The highest BCUT2D eigenvalue weighted by Gasteiger charge is 2.09. The van der Waals surface area contributed by atoms with Crippen molar-refractivity contribution in [3.05, 3.63) is 0 Å². The van der Waals surface area contributed by atoms with Crippen LogP contribution in [0.25, 0.3) is 0 Å². The fraction of sp³-hybridized carbons (Fsp3) is 0.750. The fourth-order valence-electron chi connectivity index (χ4n) is 2.06. The van der Waals surface area contributed by atoms with Crippen molar-refractivity contribution in [2.75, 3.05) is 66.6 Å². The summed E-state index contributed by atoms with van der Waals surface area (Å²) in [4.78, 5) is 4.41. The second kappa shape index (κ2) is 13.7. The molecule has 0 atom stereocenters. The number of thiocarbonyl (C=S) groups is 2. The molecular weight excluding hydrogens is 384 g/mol. The summed E-state index contributed by atoms with van der Waals surface area (Å²) >= 11 is 10.4. The van der Waals surface area contributed by atoms with Crippen molar-refractivity contribution < 1.29 is 4.74 Å². The summed E-state index contributed by atoms with van der Waals surface area (Å²) < 4.78 is 5.33. The second-order valence-electron chi connectivity index (χ2n) is 6.39. The van der Waals surface area contributed by atoms with Gasteiger partial charge in [-0.25, -0.2) is 0 Å². The van der Waals surface area contributed by atoms with Gasteiger partial charge in [-0.3, -0.25) is 15.8 Å². The lowest BCUT2D eigenvalue weighted by atomic mass is 10.3. The Morgan fingerprint density at radius 1 is 0.963 bits per heavy atom. The predicted octanol–water partition coefficient (Wildman–Crippen LogP) is -0.440. The van der Waals surface area contributed by atoms with Crippen LogP contribution < -0.4 is 21.5 Å². The largest absolute Gasteiger partial charge is 0.379 e. The molecule has 11 heteroatoms. The van der Waals surface area contributed by atoms with Crippen LogP contribution in [0.3, 0.4) is 0 Å². The van der Waals surface area contributed by atoms with Crippen LogP contribution in [0.1, 0.15) is 13.8 Å². The minimum absolute atomic E-state index is 0.484. The van der Waals surface area contributed by atoms with E-state index in [2.05, 4.69) is 41.5 Å². The van der Waals surface area contributed by atoms with E-state index in [1.165, 1.54) is 0 Å². The monoisotopic (exact) mass is 416 g/mol. The molecule has 9 nitrogen and oxygen atoms in total. The highest BCUT2D eigenvalue weighted by Crippen LogP contribution is 1.94. The first-order valence-electron chi connectivity index (χ1n) is 9.00. The van der Waals surface area contributed by atoms with Crippen molar-refractivity contribution in [2.24, 2.45) is 10.2 Å². The van der Waals surface area contributed by atoms with Gasteiger partial charge in [0.15, 0.2) is 10.2 Å². The van der Waals surface area contributed by atoms with E-state index in [0.29, 0.717) is 10.2 Å². The van der Waals surface area contributed by atoms with E-state index in [1.807, 2.05) is 27.9 Å². The zero-order chi connectivity index (χ0) is 20.1. The molecule has 1 rings (SSSR count). The number of nitrogens with zero attached hydrogens (tertiary/aromatic N) is 4. The Kier molecular flexibility index (Phi) is 12.0. The molecular formula is C16H32N8OS2. The second-order valence-corrected chi connectivity index (χ2v) is 7.20. The van der Waals surface area contributed by atoms with Crippen LogP contribution >= 0.6 is 24.4 Å². The van der Waals surface area contributed by atoms with Crippen molar-refractivity contribution >= 4 is 46.1 Å². The smallest absolute Gasteiger partial charge is 0.187 e. The number of likely N-dealkylation sites (N-methyl/N-ethyl adjacent to an activating group) is 1. The Balaban J connectivity index is 2.23. The Morgan fingerprint density at radius 2 is 1.48 bits per heavy atom. The third kappa shape index (κ3) is 11.8. The highest BCUT2D eigenvalue weighted by molar-refractivity contribution is 7.80. The lowest BCUT2D eigenvalue weighted by molar-refractivity contribution is 0.0389. The van der Waals surface area contributed by atoms with Gasteiger partial charge in [-0.1, -0.05) is 0 Å². The van der Waals surface area contributed by atoms with E-state index in [4.69, 9.17) is 29.2 Å². The number of rotatable bonds is 9. The summed E-state index contributed by atoms with van der Waals surface area (Å²) in [5.74, 6) is 0. The third-order valence-corrected chi connectivity index (χ3v) is 4.31. The maximum absolute atomic E-state index is 5.33. The zero-order valence-electron chi connectivity index (χ0n) is 16.7. The molecule has 154 valence electrons. The molecule has 1 saturated heterocycles. The minimum atomic E-state index is 0.484. The van der Waals surface area contributed by atoms with Gasteiger partial charge in [0, 0.05) is 39.3 Å². The summed E-state index contributed by atoms with van der Waals surface area (Å²) in [6.45, 7) is 10.6. The molecule has 27 heavy (non-hydrogen) atoms. The summed E-state index contributed by atoms with van der Waals surface area (Å²) in [5, 5.41) is 15.7. The molecule has 0 aliphatic carbocycles. The molecule has 0 amide bonds. The summed E-state index contributed by atoms with van der Waals surface area (Å²) in [5.41, 5.74) is 7.09. The van der Waals surface area contributed by atoms with Gasteiger partial charge in [0.25, 0.3) is 0 Å². The fourth-order valence-corrected chi connectivity index (χ4v) is 2.35. The number of nitrogens with one attached hydrogen (secondary N) is 4. The van der Waals surface area contributed by atoms with Crippen molar-refractivity contribution in [2.45, 2.75) is 13.8 Å². The molecule has 0 aromatic heterocycles. The van der Waals surface area contributed by atoms with Crippen molar-refractivity contribution in [1.82, 2.24) is 31.3 Å². The molecule has 0 radical (unpaired) electrons. The maximum atomic E-state index is 5.33. The normalized spacial score (nSPS) is 16.2. The standard InChI is InChI=1S/C16H32N8OS2/c1-13(19-21-15(26)17-5-7-23(3)4)14(2)20-22-16(27)18-6-8-24-9-11-25-12-10-24/h5-12H2,1-4H3,(H2,17,21,26)(H2,18,22,27)/b19-13-,20-14-. The zero-order valence-corrected chi connectivity index (χ0v) is 18.3.